The lowest BCUT2D eigenvalue weighted by Crippen LogP contribution is -2.15. The fourth-order valence-corrected chi connectivity index (χ4v) is 3.96. The molecular formula is C22H18F2N4O3S. The minimum atomic E-state index is -2.92. The molecule has 1 atom stereocenters. The van der Waals surface area contributed by atoms with Gasteiger partial charge in [-0.25, -0.2) is 0 Å². The van der Waals surface area contributed by atoms with Crippen LogP contribution in [0.4, 0.5) is 8.78 Å². The summed E-state index contributed by atoms with van der Waals surface area (Å²) < 4.78 is 36.3. The number of aromatic nitrogens is 4. The number of benzene rings is 1. The summed E-state index contributed by atoms with van der Waals surface area (Å²) in [6.07, 6.45) is 4.95. The molecule has 3 aromatic heterocycles. The Morgan fingerprint density at radius 3 is 2.62 bits per heavy atom. The second kappa shape index (κ2) is 9.73. The highest BCUT2D eigenvalue weighted by molar-refractivity contribution is 8.00. The van der Waals surface area contributed by atoms with Crippen molar-refractivity contribution in [3.8, 4) is 17.1 Å². The molecule has 0 saturated heterocycles. The summed E-state index contributed by atoms with van der Waals surface area (Å²) in [6.45, 7) is -0.778. The number of thioether (sulfide) groups is 1. The minimum absolute atomic E-state index is 0.00356. The van der Waals surface area contributed by atoms with E-state index in [9.17, 15) is 13.6 Å². The summed E-state index contributed by atoms with van der Waals surface area (Å²) >= 11 is 1.25. The third kappa shape index (κ3) is 5.02. The van der Waals surface area contributed by atoms with Crippen LogP contribution in [-0.4, -0.2) is 37.4 Å². The number of nitrogens with zero attached hydrogens (tertiary/aromatic N) is 4. The van der Waals surface area contributed by atoms with Crippen LogP contribution in [0.1, 0.15) is 23.0 Å². The van der Waals surface area contributed by atoms with Crippen LogP contribution in [0, 0.1) is 0 Å². The van der Waals surface area contributed by atoms with E-state index in [0.29, 0.717) is 28.8 Å². The van der Waals surface area contributed by atoms with Gasteiger partial charge in [-0.05, 0) is 55.5 Å². The smallest absolute Gasteiger partial charge is 0.387 e. The molecule has 10 heteroatoms. The second-order valence-corrected chi connectivity index (χ2v) is 8.05. The Hall–Kier alpha value is -3.53. The van der Waals surface area contributed by atoms with Crippen molar-refractivity contribution in [1.82, 2.24) is 19.7 Å². The van der Waals surface area contributed by atoms with E-state index in [-0.39, 0.29) is 11.5 Å². The van der Waals surface area contributed by atoms with E-state index < -0.39 is 11.9 Å². The van der Waals surface area contributed by atoms with Crippen molar-refractivity contribution in [1.29, 1.82) is 0 Å². The van der Waals surface area contributed by atoms with Crippen LogP contribution in [0.3, 0.4) is 0 Å². The molecule has 0 bridgehead atoms. The number of hydrogen-bond acceptors (Lipinski definition) is 7. The summed E-state index contributed by atoms with van der Waals surface area (Å²) in [7, 11) is 0. The van der Waals surface area contributed by atoms with Gasteiger partial charge >= 0.3 is 6.61 Å². The van der Waals surface area contributed by atoms with E-state index in [4.69, 9.17) is 4.42 Å². The third-order valence-electron chi connectivity index (χ3n) is 4.55. The maximum Gasteiger partial charge on any atom is 0.387 e. The molecule has 7 nitrogen and oxygen atoms in total. The quantitative estimate of drug-likeness (QED) is 0.260. The van der Waals surface area contributed by atoms with Gasteiger partial charge in [-0.15, -0.1) is 10.2 Å². The average Bonchev–Trinajstić information content (AvgIpc) is 3.45. The zero-order valence-corrected chi connectivity index (χ0v) is 17.7. The van der Waals surface area contributed by atoms with Crippen molar-refractivity contribution in [3.05, 3.63) is 78.5 Å². The number of pyridine rings is 1. The van der Waals surface area contributed by atoms with Gasteiger partial charge in [0.2, 0.25) is 0 Å². The number of halogens is 2. The molecule has 0 radical (unpaired) electrons. The molecule has 3 heterocycles. The maximum atomic E-state index is 12.9. The summed E-state index contributed by atoms with van der Waals surface area (Å²) in [5.41, 5.74) is 1.17. The molecular weight excluding hydrogens is 438 g/mol. The Labute approximate surface area is 186 Å². The highest BCUT2D eigenvalue weighted by Crippen LogP contribution is 2.29. The van der Waals surface area contributed by atoms with Crippen molar-refractivity contribution in [2.75, 3.05) is 0 Å². The van der Waals surface area contributed by atoms with Crippen LogP contribution >= 0.6 is 11.8 Å². The topological polar surface area (TPSA) is 83.0 Å². The first kappa shape index (κ1) is 21.7. The van der Waals surface area contributed by atoms with Gasteiger partial charge in [0.05, 0.1) is 18.1 Å². The Bertz CT molecular complexity index is 1170. The van der Waals surface area contributed by atoms with Crippen molar-refractivity contribution < 1.29 is 22.7 Å². The van der Waals surface area contributed by atoms with Crippen LogP contribution in [-0.2, 0) is 6.54 Å². The summed E-state index contributed by atoms with van der Waals surface area (Å²) in [4.78, 5) is 17.0. The van der Waals surface area contributed by atoms with Crippen LogP contribution in [0.2, 0.25) is 0 Å². The van der Waals surface area contributed by atoms with E-state index >= 15 is 0 Å². The molecule has 32 heavy (non-hydrogen) atoms. The fourth-order valence-electron chi connectivity index (χ4n) is 3.03. The first-order chi connectivity index (χ1) is 15.5. The fraction of sp³-hybridized carbons (Fsp3) is 0.182. The largest absolute Gasteiger partial charge is 0.467 e. The first-order valence-electron chi connectivity index (χ1n) is 9.63. The first-order valence-corrected chi connectivity index (χ1v) is 10.5. The standard InChI is InChI=1S/C22H18F2N4O3S/c1-14(19(29)15-6-8-17(9-7-15)31-21(23)24)32-22-27-26-20(16-4-2-10-25-12-16)28(22)13-18-5-3-11-30-18/h2-12,14,21H,13H2,1H3. The predicted octanol–water partition coefficient (Wildman–Crippen LogP) is 4.95. The molecule has 1 unspecified atom stereocenters. The third-order valence-corrected chi connectivity index (χ3v) is 5.63. The lowest BCUT2D eigenvalue weighted by atomic mass is 10.1. The van der Waals surface area contributed by atoms with E-state index in [0.717, 1.165) is 5.56 Å². The number of carbonyl (C=O) groups is 1. The number of hydrogen-bond donors (Lipinski definition) is 0. The SMILES string of the molecule is CC(Sc1nnc(-c2cccnc2)n1Cc1ccco1)C(=O)c1ccc(OC(F)F)cc1. The van der Waals surface area contributed by atoms with Crippen LogP contribution in [0.15, 0.2) is 76.8 Å². The van der Waals surface area contributed by atoms with E-state index in [1.165, 1.54) is 36.0 Å². The number of rotatable bonds is 9. The molecule has 4 aromatic rings. The van der Waals surface area contributed by atoms with E-state index in [1.807, 2.05) is 22.8 Å². The summed E-state index contributed by atoms with van der Waals surface area (Å²) in [5.74, 6) is 1.14. The highest BCUT2D eigenvalue weighted by atomic mass is 32.2. The Balaban J connectivity index is 1.56. The summed E-state index contributed by atoms with van der Waals surface area (Å²) in [5, 5.41) is 8.63. The lowest BCUT2D eigenvalue weighted by molar-refractivity contribution is -0.0498. The maximum absolute atomic E-state index is 12.9. The van der Waals surface area contributed by atoms with Crippen molar-refractivity contribution >= 4 is 17.5 Å². The minimum Gasteiger partial charge on any atom is -0.467 e. The lowest BCUT2D eigenvalue weighted by Gasteiger charge is -2.13. The zero-order chi connectivity index (χ0) is 22.5. The van der Waals surface area contributed by atoms with Gasteiger partial charge in [0.15, 0.2) is 16.8 Å². The van der Waals surface area contributed by atoms with Gasteiger partial charge in [0.1, 0.15) is 11.5 Å². The average molecular weight is 456 g/mol. The normalized spacial score (nSPS) is 12.1. The molecule has 0 aliphatic heterocycles. The number of ether oxygens (including phenoxy) is 1. The van der Waals surface area contributed by atoms with Crippen LogP contribution in [0.25, 0.3) is 11.4 Å². The number of carbonyl (C=O) groups excluding carboxylic acids is 1. The van der Waals surface area contributed by atoms with Gasteiger partial charge in [-0.1, -0.05) is 11.8 Å². The Morgan fingerprint density at radius 1 is 1.16 bits per heavy atom. The molecule has 0 aliphatic rings. The Morgan fingerprint density at radius 2 is 1.97 bits per heavy atom. The molecule has 0 saturated carbocycles. The number of ketones is 1. The summed E-state index contributed by atoms with van der Waals surface area (Å²) in [6, 6.07) is 12.9. The predicted molar refractivity (Wildman–Crippen MR) is 114 cm³/mol. The van der Waals surface area contributed by atoms with E-state index in [1.54, 1.807) is 31.6 Å². The molecule has 0 N–H and O–H groups in total. The monoisotopic (exact) mass is 456 g/mol. The zero-order valence-electron chi connectivity index (χ0n) is 16.9. The van der Waals surface area contributed by atoms with Gasteiger partial charge < -0.3 is 9.15 Å². The molecule has 0 amide bonds. The van der Waals surface area contributed by atoms with Gasteiger partial charge in [-0.2, -0.15) is 8.78 Å². The van der Waals surface area contributed by atoms with Crippen molar-refractivity contribution in [2.24, 2.45) is 0 Å². The molecule has 0 aliphatic carbocycles. The Kier molecular flexibility index (Phi) is 6.60. The molecule has 0 fully saturated rings. The second-order valence-electron chi connectivity index (χ2n) is 6.74. The van der Waals surface area contributed by atoms with Crippen LogP contribution in [0.5, 0.6) is 5.75 Å². The highest BCUT2D eigenvalue weighted by Gasteiger charge is 2.23. The molecule has 164 valence electrons. The molecule has 0 spiro atoms. The number of Topliss-reactive ketones (excluding diaryl/α,β-unsaturated/α-hetero) is 1. The van der Waals surface area contributed by atoms with Gasteiger partial charge in [0.25, 0.3) is 0 Å². The van der Waals surface area contributed by atoms with E-state index in [2.05, 4.69) is 19.9 Å². The number of furan rings is 1. The van der Waals surface area contributed by atoms with Gasteiger partial charge in [-0.3, -0.25) is 14.3 Å². The van der Waals surface area contributed by atoms with Crippen molar-refractivity contribution in [3.63, 3.8) is 0 Å². The number of alkyl halides is 2. The van der Waals surface area contributed by atoms with Crippen molar-refractivity contribution in [2.45, 2.75) is 30.5 Å². The van der Waals surface area contributed by atoms with Gasteiger partial charge in [0, 0.05) is 23.5 Å². The van der Waals surface area contributed by atoms with Crippen LogP contribution < -0.4 is 4.74 Å². The molecule has 1 aromatic carbocycles. The molecule has 4 rings (SSSR count).